The van der Waals surface area contributed by atoms with Gasteiger partial charge in [0.05, 0.1) is 12.8 Å². The van der Waals surface area contributed by atoms with E-state index < -0.39 is 0 Å². The van der Waals surface area contributed by atoms with Gasteiger partial charge in [-0.25, -0.2) is 0 Å². The molecule has 0 heterocycles. The molecule has 0 aromatic carbocycles. The molecule has 1 rings (SSSR count). The van der Waals surface area contributed by atoms with Crippen LogP contribution < -0.4 is 0 Å². The van der Waals surface area contributed by atoms with Crippen molar-refractivity contribution in [2.75, 3.05) is 0 Å². The van der Waals surface area contributed by atoms with E-state index in [2.05, 4.69) is 6.92 Å². The SMILES string of the molecule is [CH2+]C1CC1. The number of rotatable bonds is 0. The molecule has 0 radical (unpaired) electrons. The first-order chi connectivity index (χ1) is 1.89. The fourth-order valence-electron chi connectivity index (χ4n) is 0.118. The van der Waals surface area contributed by atoms with Crippen LogP contribution in [-0.4, -0.2) is 0 Å². The highest BCUT2D eigenvalue weighted by molar-refractivity contribution is 4.73. The predicted octanol–water partition coefficient (Wildman–Crippen LogP) is 1.23. The number of hydrogen-bond acceptors (Lipinski definition) is 0. The van der Waals surface area contributed by atoms with Crippen LogP contribution in [0.2, 0.25) is 0 Å². The molecule has 22 valence electrons. The van der Waals surface area contributed by atoms with Gasteiger partial charge in [-0.1, -0.05) is 0 Å². The van der Waals surface area contributed by atoms with Gasteiger partial charge in [0.2, 0.25) is 0 Å². The van der Waals surface area contributed by atoms with Crippen LogP contribution in [0.5, 0.6) is 0 Å². The van der Waals surface area contributed by atoms with Crippen LogP contribution in [0.1, 0.15) is 12.8 Å². The molecule has 1 aliphatic carbocycles. The molecule has 0 unspecified atom stereocenters. The normalized spacial score (nSPS) is 26.0. The summed E-state index contributed by atoms with van der Waals surface area (Å²) < 4.78 is 0. The highest BCUT2D eigenvalue weighted by Crippen LogP contribution is 2.26. The number of hydrogen-bond donors (Lipinski definition) is 0. The Morgan fingerprint density at radius 2 is 1.75 bits per heavy atom. The maximum atomic E-state index is 3.75. The Hall–Kier alpha value is -0.130. The van der Waals surface area contributed by atoms with Gasteiger partial charge < -0.3 is 0 Å². The molecule has 1 fully saturated rings. The second-order valence-electron chi connectivity index (χ2n) is 1.44. The average Bonchev–Trinajstić information content (AvgIpc) is 1.75. The Morgan fingerprint density at radius 3 is 1.75 bits per heavy atom. The van der Waals surface area contributed by atoms with E-state index in [0.29, 0.717) is 0 Å². The molecular weight excluding hydrogens is 48.0 g/mol. The zero-order chi connectivity index (χ0) is 2.99. The Morgan fingerprint density at radius 1 is 1.50 bits per heavy atom. The molecule has 0 bridgehead atoms. The third-order valence-electron chi connectivity index (χ3n) is 0.697. The summed E-state index contributed by atoms with van der Waals surface area (Å²) in [6.07, 6.45) is 2.75. The maximum Gasteiger partial charge on any atom is 0.0956 e. The fourth-order valence-corrected chi connectivity index (χ4v) is 0.118. The summed E-state index contributed by atoms with van der Waals surface area (Å²) in [4.78, 5) is 0. The highest BCUT2D eigenvalue weighted by atomic mass is 14.2. The van der Waals surface area contributed by atoms with Gasteiger partial charge >= 0.3 is 0 Å². The Bertz CT molecular complexity index is 19.2. The largest absolute Gasteiger partial charge is 0.0956 e. The molecular formula is C4H7+. The minimum absolute atomic E-state index is 0.833. The summed E-state index contributed by atoms with van der Waals surface area (Å²) in [7, 11) is 0. The average molecular weight is 55.1 g/mol. The third kappa shape index (κ3) is 0.172. The van der Waals surface area contributed by atoms with Gasteiger partial charge in [0.25, 0.3) is 0 Å². The molecule has 1 aliphatic rings. The van der Waals surface area contributed by atoms with E-state index >= 15 is 0 Å². The van der Waals surface area contributed by atoms with E-state index in [1.807, 2.05) is 0 Å². The molecule has 0 spiro atoms. The van der Waals surface area contributed by atoms with E-state index in [0.717, 1.165) is 5.92 Å². The lowest BCUT2D eigenvalue weighted by atomic mass is 10.5. The van der Waals surface area contributed by atoms with E-state index in [4.69, 9.17) is 0 Å². The molecule has 0 aromatic heterocycles. The predicted molar refractivity (Wildman–Crippen MR) is 18.1 cm³/mol. The van der Waals surface area contributed by atoms with Crippen molar-refractivity contribution < 1.29 is 0 Å². The molecule has 0 saturated heterocycles. The van der Waals surface area contributed by atoms with Crippen molar-refractivity contribution in [1.29, 1.82) is 0 Å². The van der Waals surface area contributed by atoms with Crippen LogP contribution in [0.3, 0.4) is 0 Å². The first-order valence-corrected chi connectivity index (χ1v) is 1.72. The first-order valence-electron chi connectivity index (χ1n) is 1.72. The molecule has 0 aromatic rings. The summed E-state index contributed by atoms with van der Waals surface area (Å²) in [6.45, 7) is 3.75. The lowest BCUT2D eigenvalue weighted by Gasteiger charge is -1.41. The van der Waals surface area contributed by atoms with Crippen molar-refractivity contribution in [1.82, 2.24) is 0 Å². The van der Waals surface area contributed by atoms with Gasteiger partial charge in [-0.2, -0.15) is 0 Å². The second-order valence-corrected chi connectivity index (χ2v) is 1.44. The minimum atomic E-state index is 0.833. The van der Waals surface area contributed by atoms with Crippen LogP contribution in [-0.2, 0) is 0 Å². The van der Waals surface area contributed by atoms with Gasteiger partial charge in [-0.3, -0.25) is 0 Å². The first kappa shape index (κ1) is 2.13. The van der Waals surface area contributed by atoms with E-state index in [9.17, 15) is 0 Å². The van der Waals surface area contributed by atoms with E-state index in [1.165, 1.54) is 12.8 Å². The summed E-state index contributed by atoms with van der Waals surface area (Å²) in [5, 5.41) is 0. The van der Waals surface area contributed by atoms with Crippen molar-refractivity contribution in [3.05, 3.63) is 6.92 Å². The molecule has 0 amide bonds. The van der Waals surface area contributed by atoms with Gasteiger partial charge in [-0.15, -0.1) is 0 Å². The van der Waals surface area contributed by atoms with E-state index in [1.54, 1.807) is 0 Å². The zero-order valence-electron chi connectivity index (χ0n) is 2.70. The van der Waals surface area contributed by atoms with Crippen molar-refractivity contribution in [2.45, 2.75) is 12.8 Å². The van der Waals surface area contributed by atoms with Crippen LogP contribution >= 0.6 is 0 Å². The smallest absolute Gasteiger partial charge is 0.00546 e. The molecule has 0 aliphatic heterocycles. The fraction of sp³-hybridized carbons (Fsp3) is 0.750. The third-order valence-corrected chi connectivity index (χ3v) is 0.697. The summed E-state index contributed by atoms with van der Waals surface area (Å²) in [6, 6.07) is 0. The molecule has 0 nitrogen and oxygen atoms in total. The highest BCUT2D eigenvalue weighted by Gasteiger charge is 2.21. The van der Waals surface area contributed by atoms with Gasteiger partial charge in [0.15, 0.2) is 0 Å². The van der Waals surface area contributed by atoms with E-state index in [-0.39, 0.29) is 0 Å². The topological polar surface area (TPSA) is 0 Å². The molecule has 4 heavy (non-hydrogen) atoms. The molecule has 0 atom stereocenters. The van der Waals surface area contributed by atoms with Crippen molar-refractivity contribution in [3.8, 4) is 0 Å². The quantitative estimate of drug-likeness (QED) is 0.365. The second kappa shape index (κ2) is 0.423. The van der Waals surface area contributed by atoms with Crippen molar-refractivity contribution in [3.63, 3.8) is 0 Å². The Kier molecular flexibility index (Phi) is 0.225. The molecule has 0 N–H and O–H groups in total. The molecule has 1 saturated carbocycles. The standard InChI is InChI=1S/C4H7/c1-4-2-3-4/h4H,1-3H2/q+1. The monoisotopic (exact) mass is 55.1 g/mol. The van der Waals surface area contributed by atoms with Crippen LogP contribution in [0.15, 0.2) is 0 Å². The lowest BCUT2D eigenvalue weighted by molar-refractivity contribution is 1.12. The summed E-state index contributed by atoms with van der Waals surface area (Å²) >= 11 is 0. The van der Waals surface area contributed by atoms with Gasteiger partial charge in [-0.05, 0) is 12.8 Å². The summed E-state index contributed by atoms with van der Waals surface area (Å²) in [5.74, 6) is 0.833. The lowest BCUT2D eigenvalue weighted by Crippen LogP contribution is -1.43. The van der Waals surface area contributed by atoms with Crippen LogP contribution in [0.4, 0.5) is 0 Å². The minimum Gasteiger partial charge on any atom is -0.00546 e. The zero-order valence-corrected chi connectivity index (χ0v) is 2.70. The Labute approximate surface area is 26.8 Å². The van der Waals surface area contributed by atoms with Crippen molar-refractivity contribution in [2.24, 2.45) is 5.92 Å². The van der Waals surface area contributed by atoms with Gasteiger partial charge in [0.1, 0.15) is 0 Å². The Balaban J connectivity index is 2.17. The van der Waals surface area contributed by atoms with Gasteiger partial charge in [0, 0.05) is 0 Å². The van der Waals surface area contributed by atoms with Crippen LogP contribution in [0, 0.1) is 12.8 Å². The van der Waals surface area contributed by atoms with Crippen LogP contribution in [0.25, 0.3) is 0 Å². The summed E-state index contributed by atoms with van der Waals surface area (Å²) in [5.41, 5.74) is 0. The van der Waals surface area contributed by atoms with Crippen molar-refractivity contribution >= 4 is 0 Å². The molecule has 0 heteroatoms. The maximum absolute atomic E-state index is 3.75.